The van der Waals surface area contributed by atoms with E-state index in [1.807, 2.05) is 0 Å². The number of ketones is 1. The summed E-state index contributed by atoms with van der Waals surface area (Å²) in [7, 11) is 0. The predicted octanol–water partition coefficient (Wildman–Crippen LogP) is 3.56. The van der Waals surface area contributed by atoms with E-state index in [1.165, 1.54) is 12.1 Å². The topological polar surface area (TPSA) is 61.2 Å². The molecular formula is C20H21FN2O3. The molecular weight excluding hydrogens is 335 g/mol. The number of rotatable bonds is 3. The Balaban J connectivity index is 1.66. The molecule has 1 saturated carbocycles. The van der Waals surface area contributed by atoms with Crippen LogP contribution in [0.3, 0.4) is 0 Å². The molecule has 1 atom stereocenters. The molecule has 2 aliphatic carbocycles. The quantitative estimate of drug-likeness (QED) is 0.789. The summed E-state index contributed by atoms with van der Waals surface area (Å²) in [5.74, 6) is -0.842. The van der Waals surface area contributed by atoms with Crippen LogP contribution < -0.4 is 0 Å². The van der Waals surface area contributed by atoms with Crippen LogP contribution >= 0.6 is 0 Å². The van der Waals surface area contributed by atoms with E-state index in [4.69, 9.17) is 4.74 Å². The molecule has 5 nitrogen and oxygen atoms in total. The Morgan fingerprint density at radius 2 is 1.81 bits per heavy atom. The molecule has 0 N–H and O–H groups in total. The van der Waals surface area contributed by atoms with Crippen molar-refractivity contribution in [1.29, 1.82) is 0 Å². The zero-order chi connectivity index (χ0) is 18.1. The maximum absolute atomic E-state index is 13.2. The van der Waals surface area contributed by atoms with Crippen LogP contribution in [0.2, 0.25) is 0 Å². The van der Waals surface area contributed by atoms with Crippen LogP contribution in [0.15, 0.2) is 24.3 Å². The fourth-order valence-corrected chi connectivity index (χ4v) is 3.82. The Hall–Kier alpha value is -2.50. The van der Waals surface area contributed by atoms with Gasteiger partial charge in [-0.1, -0.05) is 0 Å². The van der Waals surface area contributed by atoms with E-state index in [2.05, 4.69) is 5.10 Å². The number of esters is 1. The molecule has 6 heteroatoms. The molecule has 0 saturated heterocycles. The highest BCUT2D eigenvalue weighted by Crippen LogP contribution is 2.28. The minimum absolute atomic E-state index is 0.00330. The minimum atomic E-state index is -0.647. The fourth-order valence-electron chi connectivity index (χ4n) is 3.82. The lowest BCUT2D eigenvalue weighted by Gasteiger charge is -2.20. The lowest BCUT2D eigenvalue weighted by atomic mass is 9.95. The van der Waals surface area contributed by atoms with Crippen molar-refractivity contribution in [1.82, 2.24) is 9.78 Å². The third-order valence-corrected chi connectivity index (χ3v) is 5.19. The summed E-state index contributed by atoms with van der Waals surface area (Å²) in [5.41, 5.74) is 2.89. The number of carbonyl (C=O) groups is 2. The van der Waals surface area contributed by atoms with Crippen LogP contribution in [0, 0.1) is 5.82 Å². The molecule has 0 bridgehead atoms. The van der Waals surface area contributed by atoms with Gasteiger partial charge < -0.3 is 4.74 Å². The fraction of sp³-hybridized carbons (Fsp3) is 0.450. The smallest absolute Gasteiger partial charge is 0.359 e. The first kappa shape index (κ1) is 16.9. The average molecular weight is 356 g/mol. The number of nitrogens with zero attached hydrogens (tertiary/aromatic N) is 2. The Kier molecular flexibility index (Phi) is 4.57. The molecule has 2 aliphatic rings. The van der Waals surface area contributed by atoms with Gasteiger partial charge in [-0.15, -0.1) is 0 Å². The van der Waals surface area contributed by atoms with Crippen LogP contribution in [-0.2, 0) is 22.4 Å². The van der Waals surface area contributed by atoms with Crippen molar-refractivity contribution in [2.45, 2.75) is 57.5 Å². The highest BCUT2D eigenvalue weighted by atomic mass is 19.1. The SMILES string of the molecule is O=C(OC1CCCCC1=O)c1nn(-c2ccc(F)cc2)c2c1CCCC2. The maximum Gasteiger partial charge on any atom is 0.359 e. The van der Waals surface area contributed by atoms with Gasteiger partial charge >= 0.3 is 5.97 Å². The van der Waals surface area contributed by atoms with Gasteiger partial charge in [0.15, 0.2) is 17.6 Å². The van der Waals surface area contributed by atoms with Crippen molar-refractivity contribution in [2.24, 2.45) is 0 Å². The molecule has 1 aromatic carbocycles. The lowest BCUT2D eigenvalue weighted by Crippen LogP contribution is -2.30. The van der Waals surface area contributed by atoms with Gasteiger partial charge in [0, 0.05) is 17.7 Å². The van der Waals surface area contributed by atoms with Crippen molar-refractivity contribution in [3.8, 4) is 5.69 Å². The zero-order valence-corrected chi connectivity index (χ0v) is 14.5. The van der Waals surface area contributed by atoms with Crippen LogP contribution in [0.5, 0.6) is 0 Å². The molecule has 0 amide bonds. The van der Waals surface area contributed by atoms with Gasteiger partial charge in [0.05, 0.1) is 5.69 Å². The van der Waals surface area contributed by atoms with E-state index < -0.39 is 12.1 Å². The van der Waals surface area contributed by atoms with Crippen molar-refractivity contribution in [2.75, 3.05) is 0 Å². The maximum atomic E-state index is 13.2. The van der Waals surface area contributed by atoms with Gasteiger partial charge in [-0.05, 0) is 69.2 Å². The highest BCUT2D eigenvalue weighted by molar-refractivity contribution is 5.93. The Morgan fingerprint density at radius 3 is 2.58 bits per heavy atom. The highest BCUT2D eigenvalue weighted by Gasteiger charge is 2.31. The number of Topliss-reactive ketones (excluding diaryl/α,β-unsaturated/α-hetero) is 1. The predicted molar refractivity (Wildman–Crippen MR) is 92.8 cm³/mol. The molecule has 0 spiro atoms. The molecule has 4 rings (SSSR count). The average Bonchev–Trinajstić information content (AvgIpc) is 3.04. The third-order valence-electron chi connectivity index (χ3n) is 5.19. The number of carbonyl (C=O) groups excluding carboxylic acids is 2. The second-order valence-electron chi connectivity index (χ2n) is 6.98. The summed E-state index contributed by atoms with van der Waals surface area (Å²) in [6.45, 7) is 0. The Morgan fingerprint density at radius 1 is 1.08 bits per heavy atom. The van der Waals surface area contributed by atoms with Crippen LogP contribution in [0.1, 0.15) is 60.3 Å². The summed E-state index contributed by atoms with van der Waals surface area (Å²) in [6, 6.07) is 6.06. The van der Waals surface area contributed by atoms with Gasteiger partial charge in [0.25, 0.3) is 0 Å². The van der Waals surface area contributed by atoms with E-state index in [-0.39, 0.29) is 11.6 Å². The number of aromatic nitrogens is 2. The van der Waals surface area contributed by atoms with Gasteiger partial charge in [-0.3, -0.25) is 4.79 Å². The van der Waals surface area contributed by atoms with E-state index in [9.17, 15) is 14.0 Å². The number of benzene rings is 1. The number of hydrogen-bond donors (Lipinski definition) is 0. The summed E-state index contributed by atoms with van der Waals surface area (Å²) in [5, 5.41) is 4.49. The van der Waals surface area contributed by atoms with Crippen molar-refractivity contribution in [3.63, 3.8) is 0 Å². The molecule has 2 aromatic rings. The van der Waals surface area contributed by atoms with E-state index in [0.29, 0.717) is 18.5 Å². The summed E-state index contributed by atoms with van der Waals surface area (Å²) in [4.78, 5) is 24.7. The van der Waals surface area contributed by atoms with Gasteiger partial charge in [-0.2, -0.15) is 5.10 Å². The minimum Gasteiger partial charge on any atom is -0.450 e. The number of ether oxygens (including phenoxy) is 1. The van der Waals surface area contributed by atoms with Gasteiger partial charge in [0.1, 0.15) is 5.82 Å². The van der Waals surface area contributed by atoms with E-state index in [0.717, 1.165) is 55.5 Å². The number of halogens is 1. The Bertz CT molecular complexity index is 841. The molecule has 1 unspecified atom stereocenters. The first-order chi connectivity index (χ1) is 12.6. The van der Waals surface area contributed by atoms with Crippen LogP contribution in [-0.4, -0.2) is 27.6 Å². The first-order valence-electron chi connectivity index (χ1n) is 9.24. The van der Waals surface area contributed by atoms with Crippen molar-refractivity contribution in [3.05, 3.63) is 47.0 Å². The van der Waals surface area contributed by atoms with Crippen LogP contribution in [0.25, 0.3) is 5.69 Å². The summed E-state index contributed by atoms with van der Waals surface area (Å²) < 4.78 is 20.5. The molecule has 1 heterocycles. The first-order valence-corrected chi connectivity index (χ1v) is 9.24. The van der Waals surface area contributed by atoms with Gasteiger partial charge in [0.2, 0.25) is 0 Å². The zero-order valence-electron chi connectivity index (χ0n) is 14.5. The lowest BCUT2D eigenvalue weighted by molar-refractivity contribution is -0.129. The second kappa shape index (κ2) is 7.02. The molecule has 1 fully saturated rings. The normalized spacial score (nSPS) is 19.9. The number of hydrogen-bond acceptors (Lipinski definition) is 4. The standard InChI is InChI=1S/C20H21FN2O3/c21-13-9-11-14(12-10-13)23-16-6-2-1-5-15(16)19(22-23)20(25)26-18-8-4-3-7-17(18)24/h9-12,18H,1-8H2. The van der Waals surface area contributed by atoms with E-state index in [1.54, 1.807) is 16.8 Å². The largest absolute Gasteiger partial charge is 0.450 e. The molecule has 1 aromatic heterocycles. The summed E-state index contributed by atoms with van der Waals surface area (Å²) >= 11 is 0. The van der Waals surface area contributed by atoms with E-state index >= 15 is 0 Å². The Labute approximate surface area is 151 Å². The third kappa shape index (κ3) is 3.16. The summed E-state index contributed by atoms with van der Waals surface area (Å²) in [6.07, 6.45) is 5.76. The molecule has 136 valence electrons. The molecule has 26 heavy (non-hydrogen) atoms. The number of fused-ring (bicyclic) bond motifs is 1. The van der Waals surface area contributed by atoms with Gasteiger partial charge in [-0.25, -0.2) is 13.9 Å². The molecule has 0 radical (unpaired) electrons. The van der Waals surface area contributed by atoms with Crippen molar-refractivity contribution >= 4 is 11.8 Å². The molecule has 0 aliphatic heterocycles. The van der Waals surface area contributed by atoms with Crippen LogP contribution in [0.4, 0.5) is 4.39 Å². The second-order valence-corrected chi connectivity index (χ2v) is 6.98. The monoisotopic (exact) mass is 356 g/mol. The van der Waals surface area contributed by atoms with Crippen molar-refractivity contribution < 1.29 is 18.7 Å².